The number of hydrogen-bond donors (Lipinski definition) is 2. The van der Waals surface area contributed by atoms with Crippen molar-refractivity contribution in [2.75, 3.05) is 7.11 Å². The fourth-order valence-electron chi connectivity index (χ4n) is 2.04. The van der Waals surface area contributed by atoms with Crippen LogP contribution in [0.5, 0.6) is 0 Å². The second-order valence-electron chi connectivity index (χ2n) is 4.49. The van der Waals surface area contributed by atoms with Crippen molar-refractivity contribution >= 4 is 17.0 Å². The van der Waals surface area contributed by atoms with Crippen LogP contribution in [-0.4, -0.2) is 27.6 Å². The molecule has 0 aliphatic carbocycles. The van der Waals surface area contributed by atoms with Crippen LogP contribution in [0.15, 0.2) is 20.4 Å². The highest BCUT2D eigenvalue weighted by atomic mass is 16.5. The van der Waals surface area contributed by atoms with E-state index in [0.717, 1.165) is 13.2 Å². The summed E-state index contributed by atoms with van der Waals surface area (Å²) in [4.78, 5) is 51.6. The number of pyridine rings is 1. The van der Waals surface area contributed by atoms with Crippen LogP contribution in [-0.2, 0) is 4.74 Å². The number of nitrogens with zero attached hydrogens (tertiary/aromatic N) is 1. The van der Waals surface area contributed by atoms with Crippen LogP contribution in [0, 0.1) is 0 Å². The van der Waals surface area contributed by atoms with Gasteiger partial charge in [0.25, 0.3) is 5.56 Å². The quantitative estimate of drug-likeness (QED) is 0.735. The first kappa shape index (κ1) is 13.8. The average molecular weight is 279 g/mol. The Balaban J connectivity index is 3.11. The van der Waals surface area contributed by atoms with Crippen LogP contribution in [0.3, 0.4) is 0 Å². The lowest BCUT2D eigenvalue weighted by Gasteiger charge is -2.13. The van der Waals surface area contributed by atoms with Gasteiger partial charge in [0.15, 0.2) is 0 Å². The van der Waals surface area contributed by atoms with Crippen LogP contribution < -0.4 is 16.8 Å². The average Bonchev–Trinajstić information content (AvgIpc) is 2.35. The number of nitrogens with one attached hydrogen (secondary N) is 2. The van der Waals surface area contributed by atoms with Crippen LogP contribution in [0.2, 0.25) is 0 Å². The third kappa shape index (κ3) is 2.04. The summed E-state index contributed by atoms with van der Waals surface area (Å²) >= 11 is 0. The van der Waals surface area contributed by atoms with Gasteiger partial charge in [0.05, 0.1) is 18.1 Å². The molecular weight excluding hydrogens is 266 g/mol. The third-order valence-corrected chi connectivity index (χ3v) is 2.85. The van der Waals surface area contributed by atoms with Gasteiger partial charge in [-0.1, -0.05) is 0 Å². The van der Waals surface area contributed by atoms with Crippen molar-refractivity contribution in [2.45, 2.75) is 19.9 Å². The van der Waals surface area contributed by atoms with Crippen molar-refractivity contribution in [3.05, 3.63) is 42.8 Å². The minimum Gasteiger partial charge on any atom is -0.465 e. The predicted octanol–water partition coefficient (Wildman–Crippen LogP) is -0.254. The second-order valence-corrected chi connectivity index (χ2v) is 4.49. The number of fused-ring (bicyclic) bond motifs is 1. The van der Waals surface area contributed by atoms with E-state index in [1.807, 2.05) is 0 Å². The maximum atomic E-state index is 11.9. The highest BCUT2D eigenvalue weighted by Gasteiger charge is 2.19. The number of carbonyl (C=O) groups is 1. The Labute approximate surface area is 112 Å². The van der Waals surface area contributed by atoms with Crippen LogP contribution >= 0.6 is 0 Å². The third-order valence-electron chi connectivity index (χ3n) is 2.85. The Morgan fingerprint density at radius 2 is 1.90 bits per heavy atom. The molecule has 0 bridgehead atoms. The molecule has 2 heterocycles. The number of ether oxygens (including phenoxy) is 1. The summed E-state index contributed by atoms with van der Waals surface area (Å²) in [5.41, 5.74) is -2.19. The number of esters is 1. The highest BCUT2D eigenvalue weighted by molar-refractivity contribution is 6.01. The van der Waals surface area contributed by atoms with E-state index in [1.54, 1.807) is 13.8 Å². The molecule has 2 N–H and O–H groups in total. The Morgan fingerprint density at radius 1 is 1.25 bits per heavy atom. The van der Waals surface area contributed by atoms with E-state index >= 15 is 0 Å². The summed E-state index contributed by atoms with van der Waals surface area (Å²) in [5.74, 6) is -0.819. The summed E-state index contributed by atoms with van der Waals surface area (Å²) in [6, 6.07) is 0.656. The van der Waals surface area contributed by atoms with Gasteiger partial charge in [0, 0.05) is 12.1 Å². The molecule has 0 aliphatic rings. The zero-order valence-electron chi connectivity index (χ0n) is 11.1. The summed E-state index contributed by atoms with van der Waals surface area (Å²) in [6.07, 6.45) is 0. The van der Waals surface area contributed by atoms with E-state index in [2.05, 4.69) is 14.7 Å². The van der Waals surface area contributed by atoms with Crippen molar-refractivity contribution in [1.29, 1.82) is 0 Å². The van der Waals surface area contributed by atoms with Gasteiger partial charge in [-0.2, -0.15) is 0 Å². The maximum absolute atomic E-state index is 11.9. The second kappa shape index (κ2) is 4.80. The summed E-state index contributed by atoms with van der Waals surface area (Å²) in [5, 5.41) is -0.0789. The van der Waals surface area contributed by atoms with Gasteiger partial charge >= 0.3 is 11.7 Å². The van der Waals surface area contributed by atoms with Crippen molar-refractivity contribution in [1.82, 2.24) is 14.5 Å². The zero-order valence-corrected chi connectivity index (χ0v) is 11.1. The van der Waals surface area contributed by atoms with E-state index < -0.39 is 22.8 Å². The van der Waals surface area contributed by atoms with Crippen LogP contribution in [0.4, 0.5) is 0 Å². The van der Waals surface area contributed by atoms with Crippen molar-refractivity contribution in [2.24, 2.45) is 0 Å². The van der Waals surface area contributed by atoms with Gasteiger partial charge in [-0.3, -0.25) is 19.1 Å². The van der Waals surface area contributed by atoms with Crippen molar-refractivity contribution < 1.29 is 9.53 Å². The SMILES string of the molecule is COC(=O)c1cc(=O)[nH]c2c1c(=O)[nH]c(=O)n2C(C)C. The number of aromatic nitrogens is 3. The van der Waals surface area contributed by atoms with E-state index in [0.29, 0.717) is 0 Å². The standard InChI is InChI=1S/C12H13N3O5/c1-5(2)15-9-8(10(17)14-12(15)19)6(11(18)20-3)4-7(16)13-9/h4-5H,1-3H3,(H,13,16)(H,14,17,19). The lowest BCUT2D eigenvalue weighted by Crippen LogP contribution is -2.34. The van der Waals surface area contributed by atoms with Crippen molar-refractivity contribution in [3.8, 4) is 0 Å². The molecule has 8 nitrogen and oxygen atoms in total. The maximum Gasteiger partial charge on any atom is 0.339 e. The van der Waals surface area contributed by atoms with Gasteiger partial charge in [-0.15, -0.1) is 0 Å². The monoisotopic (exact) mass is 279 g/mol. The molecule has 0 saturated carbocycles. The van der Waals surface area contributed by atoms with E-state index in [1.165, 1.54) is 4.57 Å². The molecule has 0 aliphatic heterocycles. The molecule has 0 aromatic carbocycles. The minimum absolute atomic E-state index is 0.00153. The first-order valence-electron chi connectivity index (χ1n) is 5.87. The molecule has 0 amide bonds. The van der Waals surface area contributed by atoms with Gasteiger partial charge in [-0.05, 0) is 13.8 Å². The first-order chi connectivity index (χ1) is 9.36. The minimum atomic E-state index is -0.819. The molecule has 20 heavy (non-hydrogen) atoms. The van der Waals surface area contributed by atoms with Gasteiger partial charge in [-0.25, -0.2) is 9.59 Å². The number of methoxy groups -OCH3 is 1. The fraction of sp³-hybridized carbons (Fsp3) is 0.333. The molecule has 0 radical (unpaired) electrons. The molecular formula is C12H13N3O5. The zero-order chi connectivity index (χ0) is 15.0. The number of H-pyrrole nitrogens is 2. The number of carbonyl (C=O) groups excluding carboxylic acids is 1. The Bertz CT molecular complexity index is 856. The normalized spacial score (nSPS) is 11.0. The Kier molecular flexibility index (Phi) is 3.31. The molecule has 8 heteroatoms. The summed E-state index contributed by atoms with van der Waals surface area (Å²) < 4.78 is 5.75. The molecule has 0 unspecified atom stereocenters. The van der Waals surface area contributed by atoms with E-state index in [-0.39, 0.29) is 22.6 Å². The molecule has 0 fully saturated rings. The van der Waals surface area contributed by atoms with E-state index in [4.69, 9.17) is 0 Å². The van der Waals surface area contributed by atoms with Gasteiger partial charge in [0.1, 0.15) is 5.65 Å². The smallest absolute Gasteiger partial charge is 0.339 e. The number of rotatable bonds is 2. The topological polar surface area (TPSA) is 114 Å². The molecule has 0 saturated heterocycles. The van der Waals surface area contributed by atoms with Crippen molar-refractivity contribution in [3.63, 3.8) is 0 Å². The van der Waals surface area contributed by atoms with Crippen LogP contribution in [0.25, 0.3) is 11.0 Å². The lowest BCUT2D eigenvalue weighted by molar-refractivity contribution is 0.0602. The molecule has 2 rings (SSSR count). The van der Waals surface area contributed by atoms with Gasteiger partial charge in [0.2, 0.25) is 5.56 Å². The fourth-order valence-corrected chi connectivity index (χ4v) is 2.04. The molecule has 106 valence electrons. The number of hydrogen-bond acceptors (Lipinski definition) is 5. The molecule has 0 spiro atoms. The lowest BCUT2D eigenvalue weighted by atomic mass is 10.1. The van der Waals surface area contributed by atoms with Gasteiger partial charge < -0.3 is 9.72 Å². The largest absolute Gasteiger partial charge is 0.465 e. The Hall–Kier alpha value is -2.64. The van der Waals surface area contributed by atoms with E-state index in [9.17, 15) is 19.2 Å². The molecule has 2 aromatic heterocycles. The Morgan fingerprint density at radius 3 is 2.45 bits per heavy atom. The highest BCUT2D eigenvalue weighted by Crippen LogP contribution is 2.13. The predicted molar refractivity (Wildman–Crippen MR) is 71.2 cm³/mol. The number of aromatic amines is 2. The molecule has 0 atom stereocenters. The first-order valence-corrected chi connectivity index (χ1v) is 5.87. The molecule has 2 aromatic rings. The summed E-state index contributed by atoms with van der Waals surface area (Å²) in [7, 11) is 1.14. The van der Waals surface area contributed by atoms with Crippen LogP contribution in [0.1, 0.15) is 30.2 Å². The summed E-state index contributed by atoms with van der Waals surface area (Å²) in [6.45, 7) is 3.42.